The average Bonchev–Trinajstić information content (AvgIpc) is 2.50. The van der Waals surface area contributed by atoms with E-state index in [4.69, 9.17) is 0 Å². The van der Waals surface area contributed by atoms with Crippen LogP contribution in [0.25, 0.3) is 0 Å². The summed E-state index contributed by atoms with van der Waals surface area (Å²) in [5, 5.41) is 4.11. The van der Waals surface area contributed by atoms with Crippen molar-refractivity contribution in [3.8, 4) is 0 Å². The van der Waals surface area contributed by atoms with Crippen LogP contribution in [-0.4, -0.2) is 14.3 Å². The third-order valence-corrected chi connectivity index (χ3v) is 3.29. The van der Waals surface area contributed by atoms with E-state index in [9.17, 15) is 4.79 Å². The van der Waals surface area contributed by atoms with Crippen LogP contribution in [0.4, 0.5) is 0 Å². The molecule has 0 saturated heterocycles. The number of aryl methyl sites for hydroxylation is 1. The van der Waals surface area contributed by atoms with Crippen LogP contribution < -0.4 is 5.69 Å². The minimum atomic E-state index is 0.0132. The summed E-state index contributed by atoms with van der Waals surface area (Å²) in [5.74, 6) is 0.653. The van der Waals surface area contributed by atoms with Gasteiger partial charge in [0.1, 0.15) is 6.33 Å². The molecule has 4 nitrogen and oxygen atoms in total. The quantitative estimate of drug-likeness (QED) is 0.693. The number of hydrogen-bond donors (Lipinski definition) is 0. The predicted octanol–water partition coefficient (Wildman–Crippen LogP) is 1.55. The maximum Gasteiger partial charge on any atom is 0.345 e. The fourth-order valence-corrected chi connectivity index (χ4v) is 2.34. The van der Waals surface area contributed by atoms with Crippen LogP contribution >= 0.6 is 0 Å². The molecular formula is C11H19N3O. The molecule has 0 radical (unpaired) electrons. The number of aromatic nitrogens is 3. The summed E-state index contributed by atoms with van der Waals surface area (Å²) >= 11 is 0. The van der Waals surface area contributed by atoms with Gasteiger partial charge in [-0.05, 0) is 18.8 Å². The summed E-state index contributed by atoms with van der Waals surface area (Å²) in [4.78, 5) is 11.6. The third-order valence-electron chi connectivity index (χ3n) is 3.29. The SMILES string of the molecule is Cn1cnn(CC2CCCCCC2)c1=O. The van der Waals surface area contributed by atoms with Crippen molar-refractivity contribution in [3.63, 3.8) is 0 Å². The van der Waals surface area contributed by atoms with Crippen LogP contribution in [0, 0.1) is 5.92 Å². The number of rotatable bonds is 2. The molecule has 1 saturated carbocycles. The Labute approximate surface area is 89.9 Å². The zero-order valence-corrected chi connectivity index (χ0v) is 9.35. The normalized spacial score (nSPS) is 19.0. The van der Waals surface area contributed by atoms with Gasteiger partial charge in [-0.1, -0.05) is 25.7 Å². The summed E-state index contributed by atoms with van der Waals surface area (Å²) in [6.45, 7) is 0.805. The predicted molar refractivity (Wildman–Crippen MR) is 58.7 cm³/mol. The smallest absolute Gasteiger partial charge is 0.285 e. The summed E-state index contributed by atoms with van der Waals surface area (Å²) in [7, 11) is 1.75. The summed E-state index contributed by atoms with van der Waals surface area (Å²) in [6.07, 6.45) is 9.44. The molecule has 0 aromatic carbocycles. The van der Waals surface area contributed by atoms with Gasteiger partial charge in [-0.15, -0.1) is 0 Å². The Morgan fingerprint density at radius 2 is 2.00 bits per heavy atom. The molecule has 0 aliphatic heterocycles. The van der Waals surface area contributed by atoms with Crippen LogP contribution in [0.15, 0.2) is 11.1 Å². The van der Waals surface area contributed by atoms with Crippen LogP contribution in [0.5, 0.6) is 0 Å². The van der Waals surface area contributed by atoms with E-state index in [-0.39, 0.29) is 5.69 Å². The first-order valence-electron chi connectivity index (χ1n) is 5.86. The molecule has 84 valence electrons. The van der Waals surface area contributed by atoms with Gasteiger partial charge in [0.25, 0.3) is 0 Å². The van der Waals surface area contributed by atoms with E-state index < -0.39 is 0 Å². The van der Waals surface area contributed by atoms with E-state index in [2.05, 4.69) is 5.10 Å². The van der Waals surface area contributed by atoms with Crippen molar-refractivity contribution in [1.29, 1.82) is 0 Å². The maximum absolute atomic E-state index is 11.6. The Morgan fingerprint density at radius 1 is 1.33 bits per heavy atom. The highest BCUT2D eigenvalue weighted by atomic mass is 16.2. The first-order chi connectivity index (χ1) is 7.27. The van der Waals surface area contributed by atoms with E-state index >= 15 is 0 Å². The van der Waals surface area contributed by atoms with Crippen molar-refractivity contribution in [3.05, 3.63) is 16.8 Å². The molecule has 0 unspecified atom stereocenters. The van der Waals surface area contributed by atoms with Crippen molar-refractivity contribution in [2.45, 2.75) is 45.1 Å². The van der Waals surface area contributed by atoms with Gasteiger partial charge < -0.3 is 0 Å². The van der Waals surface area contributed by atoms with E-state index in [0.29, 0.717) is 5.92 Å². The molecule has 1 aliphatic rings. The molecule has 0 amide bonds. The Kier molecular flexibility index (Phi) is 3.23. The van der Waals surface area contributed by atoms with Gasteiger partial charge in [-0.25, -0.2) is 9.48 Å². The fraction of sp³-hybridized carbons (Fsp3) is 0.818. The molecule has 0 spiro atoms. The lowest BCUT2D eigenvalue weighted by Gasteiger charge is -2.12. The second-order valence-electron chi connectivity index (χ2n) is 4.56. The first-order valence-corrected chi connectivity index (χ1v) is 5.86. The molecule has 4 heteroatoms. The Hall–Kier alpha value is -1.06. The Morgan fingerprint density at radius 3 is 2.53 bits per heavy atom. The number of hydrogen-bond acceptors (Lipinski definition) is 2. The standard InChI is InChI=1S/C11H19N3O/c1-13-9-12-14(11(13)15)8-10-6-4-2-3-5-7-10/h9-10H,2-8H2,1H3. The summed E-state index contributed by atoms with van der Waals surface area (Å²) < 4.78 is 3.15. The average molecular weight is 209 g/mol. The Bertz CT molecular complexity index is 358. The van der Waals surface area contributed by atoms with Gasteiger partial charge in [0, 0.05) is 13.6 Å². The lowest BCUT2D eigenvalue weighted by Crippen LogP contribution is -2.26. The lowest BCUT2D eigenvalue weighted by molar-refractivity contribution is 0.368. The van der Waals surface area contributed by atoms with Crippen molar-refractivity contribution in [2.75, 3.05) is 0 Å². The van der Waals surface area contributed by atoms with Crippen LogP contribution in [0.1, 0.15) is 38.5 Å². The van der Waals surface area contributed by atoms with Crippen molar-refractivity contribution in [2.24, 2.45) is 13.0 Å². The molecule has 1 aromatic rings. The van der Waals surface area contributed by atoms with Crippen LogP contribution in [-0.2, 0) is 13.6 Å². The zero-order valence-electron chi connectivity index (χ0n) is 9.35. The second-order valence-corrected chi connectivity index (χ2v) is 4.56. The van der Waals surface area contributed by atoms with Gasteiger partial charge in [0.2, 0.25) is 0 Å². The molecule has 15 heavy (non-hydrogen) atoms. The van der Waals surface area contributed by atoms with Crippen LogP contribution in [0.3, 0.4) is 0 Å². The highest BCUT2D eigenvalue weighted by Gasteiger charge is 2.14. The van der Waals surface area contributed by atoms with Crippen LogP contribution in [0.2, 0.25) is 0 Å². The second kappa shape index (κ2) is 4.64. The van der Waals surface area contributed by atoms with Gasteiger partial charge in [0.15, 0.2) is 0 Å². The van der Waals surface area contributed by atoms with E-state index in [1.54, 1.807) is 18.1 Å². The van der Waals surface area contributed by atoms with Gasteiger partial charge in [-0.2, -0.15) is 5.10 Å². The molecule has 0 bridgehead atoms. The third kappa shape index (κ3) is 2.49. The van der Waals surface area contributed by atoms with Gasteiger partial charge in [-0.3, -0.25) is 4.57 Å². The molecule has 0 atom stereocenters. The molecule has 2 rings (SSSR count). The van der Waals surface area contributed by atoms with E-state index in [1.165, 1.54) is 43.1 Å². The Balaban J connectivity index is 2.01. The van der Waals surface area contributed by atoms with Crippen molar-refractivity contribution >= 4 is 0 Å². The molecule has 1 aromatic heterocycles. The molecule has 0 N–H and O–H groups in total. The lowest BCUT2D eigenvalue weighted by atomic mass is 10.0. The maximum atomic E-state index is 11.6. The molecular weight excluding hydrogens is 190 g/mol. The fourth-order valence-electron chi connectivity index (χ4n) is 2.34. The highest BCUT2D eigenvalue weighted by molar-refractivity contribution is 4.70. The van der Waals surface area contributed by atoms with Gasteiger partial charge in [0.05, 0.1) is 0 Å². The van der Waals surface area contributed by atoms with Crippen molar-refractivity contribution in [1.82, 2.24) is 14.3 Å². The first kappa shape index (κ1) is 10.5. The van der Waals surface area contributed by atoms with Crippen molar-refractivity contribution < 1.29 is 0 Å². The summed E-state index contributed by atoms with van der Waals surface area (Å²) in [5.41, 5.74) is 0.0132. The monoisotopic (exact) mass is 209 g/mol. The number of nitrogens with zero attached hydrogens (tertiary/aromatic N) is 3. The zero-order chi connectivity index (χ0) is 10.7. The molecule has 1 heterocycles. The molecule has 1 fully saturated rings. The minimum Gasteiger partial charge on any atom is -0.285 e. The minimum absolute atomic E-state index is 0.0132. The largest absolute Gasteiger partial charge is 0.345 e. The molecule has 1 aliphatic carbocycles. The van der Waals surface area contributed by atoms with E-state index in [1.807, 2.05) is 0 Å². The topological polar surface area (TPSA) is 39.8 Å². The van der Waals surface area contributed by atoms with Gasteiger partial charge >= 0.3 is 5.69 Å². The summed E-state index contributed by atoms with van der Waals surface area (Å²) in [6, 6.07) is 0. The van der Waals surface area contributed by atoms with E-state index in [0.717, 1.165) is 6.54 Å². The highest BCUT2D eigenvalue weighted by Crippen LogP contribution is 2.23.